The van der Waals surface area contributed by atoms with Gasteiger partial charge in [-0.2, -0.15) is 0 Å². The molecule has 1 aliphatic heterocycles. The summed E-state index contributed by atoms with van der Waals surface area (Å²) in [4.78, 5) is 20.5. The number of anilines is 1. The van der Waals surface area contributed by atoms with Crippen LogP contribution in [0.2, 0.25) is 0 Å². The van der Waals surface area contributed by atoms with E-state index in [2.05, 4.69) is 26.6 Å². The predicted molar refractivity (Wildman–Crippen MR) is 109 cm³/mol. The number of carbonyl (C=O) groups is 1. The van der Waals surface area contributed by atoms with Crippen molar-refractivity contribution in [3.63, 3.8) is 0 Å². The smallest absolute Gasteiger partial charge is 0.240 e. The Morgan fingerprint density at radius 3 is 3.11 bits per heavy atom. The molecule has 1 aliphatic rings. The zero-order valence-electron chi connectivity index (χ0n) is 14.5. The number of amides is 1. The van der Waals surface area contributed by atoms with E-state index in [4.69, 9.17) is 4.42 Å². The van der Waals surface area contributed by atoms with Gasteiger partial charge < -0.3 is 9.73 Å². The Morgan fingerprint density at radius 2 is 2.19 bits per heavy atom. The number of thiophene rings is 1. The Kier molecular flexibility index (Phi) is 4.27. The summed E-state index contributed by atoms with van der Waals surface area (Å²) in [6.07, 6.45) is 1.02. The van der Waals surface area contributed by atoms with Crippen molar-refractivity contribution in [1.29, 1.82) is 0 Å². The molecule has 0 atom stereocenters. The number of benzene rings is 1. The summed E-state index contributed by atoms with van der Waals surface area (Å²) in [6, 6.07) is 12.0. The quantitative estimate of drug-likeness (QED) is 0.548. The third-order valence-electron chi connectivity index (χ3n) is 4.68. The number of furan rings is 1. The molecule has 1 aromatic carbocycles. The third-order valence-corrected chi connectivity index (χ3v) is 6.46. The molecule has 5 rings (SSSR count). The van der Waals surface area contributed by atoms with E-state index in [1.807, 2.05) is 35.7 Å². The molecule has 0 saturated carbocycles. The lowest BCUT2D eigenvalue weighted by atomic mass is 10.1. The highest BCUT2D eigenvalue weighted by Crippen LogP contribution is 2.30. The van der Waals surface area contributed by atoms with Crippen molar-refractivity contribution in [3.8, 4) is 11.5 Å². The minimum absolute atomic E-state index is 0.0285. The molecule has 3 aromatic heterocycles. The highest BCUT2D eigenvalue weighted by molar-refractivity contribution is 7.14. The average molecular weight is 396 g/mol. The van der Waals surface area contributed by atoms with Crippen molar-refractivity contribution in [2.45, 2.75) is 13.0 Å². The molecule has 1 amide bonds. The van der Waals surface area contributed by atoms with Crippen LogP contribution in [0, 0.1) is 0 Å². The molecule has 5 nitrogen and oxygen atoms in total. The van der Waals surface area contributed by atoms with E-state index in [1.165, 1.54) is 21.8 Å². The van der Waals surface area contributed by atoms with Gasteiger partial charge in [0.1, 0.15) is 11.3 Å². The molecule has 27 heavy (non-hydrogen) atoms. The SMILES string of the molecule is O=C(CN1CCc2sccc2C1)Nc1nc(-c2cc3ccccc3o2)cs1. The van der Waals surface area contributed by atoms with E-state index in [9.17, 15) is 4.79 Å². The van der Waals surface area contributed by atoms with Crippen molar-refractivity contribution in [2.75, 3.05) is 18.4 Å². The first-order valence-corrected chi connectivity index (χ1v) is 10.5. The van der Waals surface area contributed by atoms with Crippen molar-refractivity contribution in [1.82, 2.24) is 9.88 Å². The number of thiazole rings is 1. The lowest BCUT2D eigenvalue weighted by Gasteiger charge is -2.25. The fraction of sp³-hybridized carbons (Fsp3) is 0.200. The second-order valence-electron chi connectivity index (χ2n) is 6.56. The second kappa shape index (κ2) is 6.92. The minimum Gasteiger partial charge on any atom is -0.454 e. The van der Waals surface area contributed by atoms with Crippen LogP contribution in [-0.2, 0) is 17.8 Å². The molecule has 0 bridgehead atoms. The molecule has 7 heteroatoms. The molecule has 4 heterocycles. The Balaban J connectivity index is 1.24. The molecule has 0 saturated heterocycles. The van der Waals surface area contributed by atoms with Crippen LogP contribution in [0.3, 0.4) is 0 Å². The fourth-order valence-electron chi connectivity index (χ4n) is 3.36. The first-order valence-electron chi connectivity index (χ1n) is 8.76. The summed E-state index contributed by atoms with van der Waals surface area (Å²) in [5.41, 5.74) is 2.93. The summed E-state index contributed by atoms with van der Waals surface area (Å²) in [6.45, 7) is 2.15. The van der Waals surface area contributed by atoms with Gasteiger partial charge in [-0.15, -0.1) is 22.7 Å². The van der Waals surface area contributed by atoms with Crippen LogP contribution < -0.4 is 5.32 Å². The molecule has 0 aliphatic carbocycles. The van der Waals surface area contributed by atoms with E-state index >= 15 is 0 Å². The number of fused-ring (bicyclic) bond motifs is 2. The molecule has 0 spiro atoms. The summed E-state index contributed by atoms with van der Waals surface area (Å²) in [5.74, 6) is 0.688. The molecule has 0 unspecified atom stereocenters. The Labute approximate surface area is 164 Å². The predicted octanol–water partition coefficient (Wildman–Crippen LogP) is 4.61. The monoisotopic (exact) mass is 395 g/mol. The normalized spacial score (nSPS) is 14.4. The first kappa shape index (κ1) is 16.7. The van der Waals surface area contributed by atoms with Gasteiger partial charge in [-0.05, 0) is 35.6 Å². The highest BCUT2D eigenvalue weighted by atomic mass is 32.1. The van der Waals surface area contributed by atoms with E-state index in [0.29, 0.717) is 17.4 Å². The molecule has 1 N–H and O–H groups in total. The standard InChI is InChI=1S/C20H17N3O2S2/c24-19(11-23-7-5-18-14(10-23)6-8-26-18)22-20-21-15(12-27-20)17-9-13-3-1-2-4-16(13)25-17/h1-4,6,8-9,12H,5,7,10-11H2,(H,21,22,24). The Morgan fingerprint density at radius 1 is 1.26 bits per heavy atom. The van der Waals surface area contributed by atoms with Gasteiger partial charge in [-0.1, -0.05) is 18.2 Å². The molecular formula is C20H17N3O2S2. The number of rotatable bonds is 4. The summed E-state index contributed by atoms with van der Waals surface area (Å²) < 4.78 is 5.84. The van der Waals surface area contributed by atoms with E-state index < -0.39 is 0 Å². The van der Waals surface area contributed by atoms with Crippen molar-refractivity contribution < 1.29 is 9.21 Å². The Hall–Kier alpha value is -2.48. The van der Waals surface area contributed by atoms with E-state index in [0.717, 1.165) is 36.2 Å². The lowest BCUT2D eigenvalue weighted by molar-refractivity contribution is -0.117. The zero-order chi connectivity index (χ0) is 18.2. The number of carbonyl (C=O) groups excluding carboxylic acids is 1. The summed E-state index contributed by atoms with van der Waals surface area (Å²) in [5, 5.41) is 8.60. The van der Waals surface area contributed by atoms with Crippen LogP contribution in [-0.4, -0.2) is 28.9 Å². The maximum absolute atomic E-state index is 12.4. The summed E-state index contributed by atoms with van der Waals surface area (Å²) >= 11 is 3.22. The van der Waals surface area contributed by atoms with Gasteiger partial charge in [0.25, 0.3) is 0 Å². The van der Waals surface area contributed by atoms with Crippen LogP contribution in [0.1, 0.15) is 10.4 Å². The van der Waals surface area contributed by atoms with Crippen molar-refractivity contribution in [3.05, 3.63) is 57.6 Å². The Bertz CT molecular complexity index is 1080. The maximum atomic E-state index is 12.4. The molecule has 0 fully saturated rings. The van der Waals surface area contributed by atoms with Crippen LogP contribution in [0.25, 0.3) is 22.4 Å². The average Bonchev–Trinajstić information content (AvgIpc) is 3.39. The number of nitrogens with one attached hydrogen (secondary N) is 1. The molecule has 136 valence electrons. The molecular weight excluding hydrogens is 378 g/mol. The van der Waals surface area contributed by atoms with Crippen LogP contribution in [0.4, 0.5) is 5.13 Å². The maximum Gasteiger partial charge on any atom is 0.240 e. The van der Waals surface area contributed by atoms with Gasteiger partial charge >= 0.3 is 0 Å². The fourth-order valence-corrected chi connectivity index (χ4v) is 4.96. The van der Waals surface area contributed by atoms with Gasteiger partial charge in [0.2, 0.25) is 5.91 Å². The van der Waals surface area contributed by atoms with Gasteiger partial charge in [-0.25, -0.2) is 4.98 Å². The lowest BCUT2D eigenvalue weighted by Crippen LogP contribution is -2.36. The van der Waals surface area contributed by atoms with Crippen molar-refractivity contribution in [2.24, 2.45) is 0 Å². The first-order chi connectivity index (χ1) is 13.2. The topological polar surface area (TPSA) is 58.4 Å². The number of aromatic nitrogens is 1. The van der Waals surface area contributed by atoms with Gasteiger partial charge in [-0.3, -0.25) is 9.69 Å². The third kappa shape index (κ3) is 3.41. The molecule has 0 radical (unpaired) electrons. The molecule has 4 aromatic rings. The van der Waals surface area contributed by atoms with Gasteiger partial charge in [0.15, 0.2) is 10.9 Å². The van der Waals surface area contributed by atoms with Crippen LogP contribution in [0.15, 0.2) is 51.6 Å². The van der Waals surface area contributed by atoms with Gasteiger partial charge in [0.05, 0.1) is 6.54 Å². The van der Waals surface area contributed by atoms with Crippen LogP contribution in [0.5, 0.6) is 0 Å². The minimum atomic E-state index is -0.0285. The number of nitrogens with zero attached hydrogens (tertiary/aromatic N) is 2. The largest absolute Gasteiger partial charge is 0.454 e. The number of hydrogen-bond acceptors (Lipinski definition) is 6. The zero-order valence-corrected chi connectivity index (χ0v) is 16.1. The van der Waals surface area contributed by atoms with E-state index in [-0.39, 0.29) is 5.91 Å². The highest BCUT2D eigenvalue weighted by Gasteiger charge is 2.20. The van der Waals surface area contributed by atoms with E-state index in [1.54, 1.807) is 11.3 Å². The second-order valence-corrected chi connectivity index (χ2v) is 8.42. The van der Waals surface area contributed by atoms with Crippen LogP contribution >= 0.6 is 22.7 Å². The number of hydrogen-bond donors (Lipinski definition) is 1. The van der Waals surface area contributed by atoms with Crippen molar-refractivity contribution >= 4 is 44.7 Å². The van der Waals surface area contributed by atoms with Gasteiger partial charge in [0, 0.05) is 28.7 Å². The summed E-state index contributed by atoms with van der Waals surface area (Å²) in [7, 11) is 0. The number of para-hydroxylation sites is 1.